The SMILES string of the molecule is COc1c(NC2CC2)ccc(F)c1F. The van der Waals surface area contributed by atoms with E-state index in [4.69, 9.17) is 4.74 Å². The van der Waals surface area contributed by atoms with Crippen LogP contribution >= 0.6 is 0 Å². The van der Waals surface area contributed by atoms with E-state index < -0.39 is 11.6 Å². The molecule has 0 saturated heterocycles. The molecule has 2 nitrogen and oxygen atoms in total. The fourth-order valence-electron chi connectivity index (χ4n) is 1.29. The molecule has 1 fully saturated rings. The Morgan fingerprint density at radius 3 is 2.64 bits per heavy atom. The monoisotopic (exact) mass is 199 g/mol. The lowest BCUT2D eigenvalue weighted by Crippen LogP contribution is -2.04. The number of ether oxygens (including phenoxy) is 1. The Labute approximate surface area is 80.9 Å². The van der Waals surface area contributed by atoms with Gasteiger partial charge in [-0.2, -0.15) is 4.39 Å². The summed E-state index contributed by atoms with van der Waals surface area (Å²) >= 11 is 0. The van der Waals surface area contributed by atoms with Gasteiger partial charge in [0.05, 0.1) is 12.8 Å². The van der Waals surface area contributed by atoms with Crippen LogP contribution in [0.5, 0.6) is 5.75 Å². The molecule has 1 N–H and O–H groups in total. The molecule has 1 aliphatic carbocycles. The van der Waals surface area contributed by atoms with Crippen LogP contribution in [-0.4, -0.2) is 13.2 Å². The number of halogens is 2. The van der Waals surface area contributed by atoms with E-state index in [9.17, 15) is 8.78 Å². The number of anilines is 1. The van der Waals surface area contributed by atoms with Gasteiger partial charge in [0.25, 0.3) is 0 Å². The predicted octanol–water partition coefficient (Wildman–Crippen LogP) is 2.55. The van der Waals surface area contributed by atoms with Crippen molar-refractivity contribution in [1.29, 1.82) is 0 Å². The van der Waals surface area contributed by atoms with Crippen LogP contribution in [0.1, 0.15) is 12.8 Å². The summed E-state index contributed by atoms with van der Waals surface area (Å²) in [4.78, 5) is 0. The van der Waals surface area contributed by atoms with E-state index in [1.54, 1.807) is 0 Å². The Balaban J connectivity index is 2.32. The average Bonchev–Trinajstić information content (AvgIpc) is 2.96. The minimum atomic E-state index is -0.932. The van der Waals surface area contributed by atoms with Crippen LogP contribution in [-0.2, 0) is 0 Å². The molecule has 0 heterocycles. The second-order valence-electron chi connectivity index (χ2n) is 3.36. The van der Waals surface area contributed by atoms with Crippen LogP contribution in [0.2, 0.25) is 0 Å². The third kappa shape index (κ3) is 1.64. The molecule has 1 aromatic carbocycles. The van der Waals surface area contributed by atoms with Crippen LogP contribution in [0.25, 0.3) is 0 Å². The van der Waals surface area contributed by atoms with Gasteiger partial charge >= 0.3 is 0 Å². The van der Waals surface area contributed by atoms with Crippen molar-refractivity contribution in [1.82, 2.24) is 0 Å². The number of methoxy groups -OCH3 is 1. The Morgan fingerprint density at radius 1 is 1.36 bits per heavy atom. The number of nitrogens with one attached hydrogen (secondary N) is 1. The summed E-state index contributed by atoms with van der Waals surface area (Å²) in [5.41, 5.74) is 0.522. The van der Waals surface area contributed by atoms with Gasteiger partial charge in [0.1, 0.15) is 0 Å². The van der Waals surface area contributed by atoms with E-state index in [0.29, 0.717) is 11.7 Å². The molecular weight excluding hydrogens is 188 g/mol. The topological polar surface area (TPSA) is 21.3 Å². The largest absolute Gasteiger partial charge is 0.491 e. The first-order chi connectivity index (χ1) is 6.72. The second-order valence-corrected chi connectivity index (χ2v) is 3.36. The lowest BCUT2D eigenvalue weighted by Gasteiger charge is -2.11. The summed E-state index contributed by atoms with van der Waals surface area (Å²) in [7, 11) is 1.33. The zero-order valence-electron chi connectivity index (χ0n) is 7.81. The van der Waals surface area contributed by atoms with Gasteiger partial charge in [0, 0.05) is 6.04 Å². The molecular formula is C10H11F2NO. The van der Waals surface area contributed by atoms with Crippen LogP contribution in [0.4, 0.5) is 14.5 Å². The number of benzene rings is 1. The molecule has 14 heavy (non-hydrogen) atoms. The molecule has 0 radical (unpaired) electrons. The van der Waals surface area contributed by atoms with Crippen LogP contribution in [0.3, 0.4) is 0 Å². The minimum Gasteiger partial charge on any atom is -0.491 e. The van der Waals surface area contributed by atoms with E-state index in [1.165, 1.54) is 13.2 Å². The maximum absolute atomic E-state index is 13.2. The highest BCUT2D eigenvalue weighted by atomic mass is 19.2. The van der Waals surface area contributed by atoms with Crippen molar-refractivity contribution in [2.45, 2.75) is 18.9 Å². The molecule has 1 saturated carbocycles. The molecule has 1 aromatic rings. The lowest BCUT2D eigenvalue weighted by molar-refractivity contribution is 0.373. The minimum absolute atomic E-state index is 0.0445. The standard InChI is InChI=1S/C10H11F2NO/c1-14-10-8(13-6-2-3-6)5-4-7(11)9(10)12/h4-6,13H,2-3H2,1H3. The summed E-state index contributed by atoms with van der Waals surface area (Å²) in [6.07, 6.45) is 2.14. The summed E-state index contributed by atoms with van der Waals surface area (Å²) < 4.78 is 30.8. The molecule has 0 amide bonds. The van der Waals surface area contributed by atoms with Crippen molar-refractivity contribution >= 4 is 5.69 Å². The Morgan fingerprint density at radius 2 is 2.07 bits per heavy atom. The molecule has 4 heteroatoms. The van der Waals surface area contributed by atoms with Crippen molar-refractivity contribution in [3.8, 4) is 5.75 Å². The third-order valence-electron chi connectivity index (χ3n) is 2.19. The summed E-state index contributed by atoms with van der Waals surface area (Å²) in [5, 5.41) is 3.07. The maximum atomic E-state index is 13.2. The summed E-state index contributed by atoms with van der Waals surface area (Å²) in [5.74, 6) is -1.86. The highest BCUT2D eigenvalue weighted by Crippen LogP contribution is 2.33. The Bertz CT molecular complexity index is 350. The van der Waals surface area contributed by atoms with Crippen molar-refractivity contribution in [3.05, 3.63) is 23.8 Å². The number of hydrogen-bond acceptors (Lipinski definition) is 2. The molecule has 0 aromatic heterocycles. The van der Waals surface area contributed by atoms with Crippen molar-refractivity contribution in [2.24, 2.45) is 0 Å². The van der Waals surface area contributed by atoms with E-state index in [-0.39, 0.29) is 5.75 Å². The third-order valence-corrected chi connectivity index (χ3v) is 2.19. The number of rotatable bonds is 3. The molecule has 1 aliphatic rings. The zero-order valence-corrected chi connectivity index (χ0v) is 7.81. The normalized spacial score (nSPS) is 15.4. The van der Waals surface area contributed by atoms with E-state index >= 15 is 0 Å². The van der Waals surface area contributed by atoms with Crippen molar-refractivity contribution < 1.29 is 13.5 Å². The summed E-state index contributed by atoms with van der Waals surface area (Å²) in [6, 6.07) is 2.98. The maximum Gasteiger partial charge on any atom is 0.202 e. The predicted molar refractivity (Wildman–Crippen MR) is 49.6 cm³/mol. The van der Waals surface area contributed by atoms with E-state index in [2.05, 4.69) is 5.32 Å². The van der Waals surface area contributed by atoms with Gasteiger partial charge in [-0.05, 0) is 25.0 Å². The quantitative estimate of drug-likeness (QED) is 0.807. The van der Waals surface area contributed by atoms with E-state index in [1.807, 2.05) is 0 Å². The van der Waals surface area contributed by atoms with Crippen molar-refractivity contribution in [2.75, 3.05) is 12.4 Å². The van der Waals surface area contributed by atoms with Crippen molar-refractivity contribution in [3.63, 3.8) is 0 Å². The van der Waals surface area contributed by atoms with Crippen LogP contribution < -0.4 is 10.1 Å². The zero-order chi connectivity index (χ0) is 10.1. The highest BCUT2D eigenvalue weighted by molar-refractivity contribution is 5.58. The summed E-state index contributed by atoms with van der Waals surface area (Å²) in [6.45, 7) is 0. The van der Waals surface area contributed by atoms with Gasteiger partial charge in [0.15, 0.2) is 11.6 Å². The van der Waals surface area contributed by atoms with Gasteiger partial charge < -0.3 is 10.1 Å². The first kappa shape index (κ1) is 9.24. The van der Waals surface area contributed by atoms with Gasteiger partial charge in [-0.1, -0.05) is 0 Å². The van der Waals surface area contributed by atoms with E-state index in [0.717, 1.165) is 18.9 Å². The molecule has 0 unspecified atom stereocenters. The van der Waals surface area contributed by atoms with Crippen LogP contribution in [0, 0.1) is 11.6 Å². The van der Waals surface area contributed by atoms with Gasteiger partial charge in [-0.3, -0.25) is 0 Å². The second kappa shape index (κ2) is 3.44. The fraction of sp³-hybridized carbons (Fsp3) is 0.400. The average molecular weight is 199 g/mol. The first-order valence-electron chi connectivity index (χ1n) is 4.51. The van der Waals surface area contributed by atoms with Gasteiger partial charge in [-0.15, -0.1) is 0 Å². The molecule has 76 valence electrons. The molecule has 2 rings (SSSR count). The smallest absolute Gasteiger partial charge is 0.202 e. The molecule has 0 atom stereocenters. The van der Waals surface area contributed by atoms with Crippen LogP contribution in [0.15, 0.2) is 12.1 Å². The Hall–Kier alpha value is -1.32. The molecule has 0 bridgehead atoms. The molecule has 0 spiro atoms. The van der Waals surface area contributed by atoms with Gasteiger partial charge in [-0.25, -0.2) is 4.39 Å². The highest BCUT2D eigenvalue weighted by Gasteiger charge is 2.23. The first-order valence-corrected chi connectivity index (χ1v) is 4.51. The lowest BCUT2D eigenvalue weighted by atomic mass is 10.2. The Kier molecular flexibility index (Phi) is 2.27. The fourth-order valence-corrected chi connectivity index (χ4v) is 1.29. The molecule has 0 aliphatic heterocycles. The number of hydrogen-bond donors (Lipinski definition) is 1. The van der Waals surface area contributed by atoms with Gasteiger partial charge in [0.2, 0.25) is 5.82 Å².